The first-order chi connectivity index (χ1) is 10.2. The van der Waals surface area contributed by atoms with E-state index in [1.807, 2.05) is 0 Å². The summed E-state index contributed by atoms with van der Waals surface area (Å²) in [6.07, 6.45) is -2.86. The fraction of sp³-hybridized carbons (Fsp3) is 0.857. The fourth-order valence-electron chi connectivity index (χ4n) is 2.73. The molecule has 1 heterocycles. The third-order valence-corrected chi connectivity index (χ3v) is 3.88. The number of aliphatic carboxylic acids is 1. The topological polar surface area (TPSA) is 60.9 Å². The number of piperidine rings is 1. The van der Waals surface area contributed by atoms with E-state index in [1.165, 1.54) is 6.92 Å². The molecule has 1 rings (SSSR count). The van der Waals surface area contributed by atoms with Gasteiger partial charge in [-0.1, -0.05) is 6.92 Å². The van der Waals surface area contributed by atoms with E-state index in [1.54, 1.807) is 11.8 Å². The van der Waals surface area contributed by atoms with Crippen molar-refractivity contribution < 1.29 is 27.9 Å². The van der Waals surface area contributed by atoms with Crippen LogP contribution in [0.5, 0.6) is 0 Å². The maximum Gasteiger partial charge on any atom is 0.406 e. The largest absolute Gasteiger partial charge is 0.480 e. The quantitative estimate of drug-likeness (QED) is 0.790. The number of hydrogen-bond donors (Lipinski definition) is 1. The summed E-state index contributed by atoms with van der Waals surface area (Å²) in [7, 11) is 0. The maximum atomic E-state index is 12.6. The van der Waals surface area contributed by atoms with Crippen LogP contribution < -0.4 is 0 Å². The van der Waals surface area contributed by atoms with Gasteiger partial charge in [0, 0.05) is 13.1 Å². The number of halogens is 4. The average Bonchev–Trinajstić information content (AvgIpc) is 2.44. The minimum absolute atomic E-state index is 0. The summed E-state index contributed by atoms with van der Waals surface area (Å²) in [5, 5.41) is 9.02. The van der Waals surface area contributed by atoms with Gasteiger partial charge < -0.3 is 10.0 Å². The molecule has 0 spiro atoms. The van der Waals surface area contributed by atoms with Crippen molar-refractivity contribution in [2.24, 2.45) is 5.92 Å². The molecule has 0 bridgehead atoms. The standard InChI is InChI=1S/C14H23F3N2O3.ClH/c1-3-6-19(9-14(15,16)17)12(20)11-5-4-7-18(8-11)10(2)13(21)22;/h10-11H,3-9H2,1-2H3,(H,21,22);1H. The van der Waals surface area contributed by atoms with Gasteiger partial charge in [0.2, 0.25) is 5.91 Å². The van der Waals surface area contributed by atoms with E-state index < -0.39 is 36.6 Å². The average molecular weight is 361 g/mol. The number of nitrogens with zero attached hydrogens (tertiary/aromatic N) is 2. The number of carbonyl (C=O) groups excluding carboxylic acids is 1. The van der Waals surface area contributed by atoms with Crippen molar-refractivity contribution in [2.75, 3.05) is 26.2 Å². The lowest BCUT2D eigenvalue weighted by Gasteiger charge is -2.36. The van der Waals surface area contributed by atoms with E-state index in [4.69, 9.17) is 5.11 Å². The number of hydrogen-bond acceptors (Lipinski definition) is 3. The summed E-state index contributed by atoms with van der Waals surface area (Å²) >= 11 is 0. The molecule has 0 radical (unpaired) electrons. The van der Waals surface area contributed by atoms with Gasteiger partial charge in [0.15, 0.2) is 0 Å². The summed E-state index contributed by atoms with van der Waals surface area (Å²) < 4.78 is 37.8. The first-order valence-electron chi connectivity index (χ1n) is 7.48. The molecule has 2 atom stereocenters. The molecular formula is C14H24ClF3N2O3. The smallest absolute Gasteiger partial charge is 0.406 e. The minimum Gasteiger partial charge on any atom is -0.480 e. The molecule has 0 aliphatic carbocycles. The van der Waals surface area contributed by atoms with E-state index in [9.17, 15) is 22.8 Å². The summed E-state index contributed by atoms with van der Waals surface area (Å²) in [6, 6.07) is -0.738. The van der Waals surface area contributed by atoms with Crippen LogP contribution >= 0.6 is 12.4 Å². The van der Waals surface area contributed by atoms with Gasteiger partial charge in [-0.25, -0.2) is 0 Å². The molecule has 0 aromatic rings. The molecule has 1 amide bonds. The lowest BCUT2D eigenvalue weighted by atomic mass is 9.95. The van der Waals surface area contributed by atoms with Crippen LogP contribution in [0.25, 0.3) is 0 Å². The second kappa shape index (κ2) is 9.32. The lowest BCUT2D eigenvalue weighted by molar-refractivity contribution is -0.165. The predicted octanol–water partition coefficient (Wildman–Crippen LogP) is 2.39. The minimum atomic E-state index is -4.42. The number of amides is 1. The van der Waals surface area contributed by atoms with Crippen molar-refractivity contribution in [3.05, 3.63) is 0 Å². The molecule has 5 nitrogen and oxygen atoms in total. The second-order valence-electron chi connectivity index (χ2n) is 5.72. The van der Waals surface area contributed by atoms with Gasteiger partial charge in [-0.2, -0.15) is 13.2 Å². The molecule has 2 unspecified atom stereocenters. The summed E-state index contributed by atoms with van der Waals surface area (Å²) in [4.78, 5) is 25.9. The van der Waals surface area contributed by atoms with Crippen LogP contribution in [-0.2, 0) is 9.59 Å². The first kappa shape index (κ1) is 22.0. The molecule has 136 valence electrons. The van der Waals surface area contributed by atoms with Crippen molar-refractivity contribution in [3.63, 3.8) is 0 Å². The van der Waals surface area contributed by atoms with Crippen LogP contribution in [0.2, 0.25) is 0 Å². The molecular weight excluding hydrogens is 337 g/mol. The van der Waals surface area contributed by atoms with Gasteiger partial charge in [0.05, 0.1) is 5.92 Å². The molecule has 1 aliphatic heterocycles. The zero-order chi connectivity index (χ0) is 16.9. The fourth-order valence-corrected chi connectivity index (χ4v) is 2.73. The molecule has 1 fully saturated rings. The summed E-state index contributed by atoms with van der Waals surface area (Å²) in [5.41, 5.74) is 0. The molecule has 0 saturated carbocycles. The number of carbonyl (C=O) groups is 2. The summed E-state index contributed by atoms with van der Waals surface area (Å²) in [6.45, 7) is 2.80. The van der Waals surface area contributed by atoms with Gasteiger partial charge in [0.25, 0.3) is 0 Å². The van der Waals surface area contributed by atoms with Crippen molar-refractivity contribution in [2.45, 2.75) is 45.3 Å². The van der Waals surface area contributed by atoms with E-state index in [-0.39, 0.29) is 25.5 Å². The Morgan fingerprint density at radius 3 is 2.48 bits per heavy atom. The Morgan fingerprint density at radius 2 is 2.00 bits per heavy atom. The SMILES string of the molecule is CCCN(CC(F)(F)F)C(=O)C1CCCN(C(C)C(=O)O)C1.Cl. The van der Waals surface area contributed by atoms with E-state index in [0.717, 1.165) is 4.90 Å². The molecule has 9 heteroatoms. The first-order valence-corrected chi connectivity index (χ1v) is 7.48. The van der Waals surface area contributed by atoms with Crippen molar-refractivity contribution in [1.29, 1.82) is 0 Å². The second-order valence-corrected chi connectivity index (χ2v) is 5.72. The molecule has 1 saturated heterocycles. The Labute approximate surface area is 140 Å². The highest BCUT2D eigenvalue weighted by Crippen LogP contribution is 2.23. The number of carboxylic acid groups (broad SMARTS) is 1. The summed E-state index contributed by atoms with van der Waals surface area (Å²) in [5.74, 6) is -2.08. The Bertz CT molecular complexity index is 407. The lowest BCUT2D eigenvalue weighted by Crippen LogP contribution is -2.50. The van der Waals surface area contributed by atoms with Gasteiger partial charge in [-0.15, -0.1) is 12.4 Å². The van der Waals surface area contributed by atoms with Crippen LogP contribution in [0.4, 0.5) is 13.2 Å². The van der Waals surface area contributed by atoms with Crippen molar-refractivity contribution in [1.82, 2.24) is 9.80 Å². The van der Waals surface area contributed by atoms with Crippen LogP contribution in [0, 0.1) is 5.92 Å². The third kappa shape index (κ3) is 6.95. The van der Waals surface area contributed by atoms with Crippen molar-refractivity contribution in [3.8, 4) is 0 Å². The van der Waals surface area contributed by atoms with E-state index >= 15 is 0 Å². The molecule has 1 N–H and O–H groups in total. The zero-order valence-corrected chi connectivity index (χ0v) is 14.1. The van der Waals surface area contributed by atoms with Gasteiger partial charge >= 0.3 is 12.1 Å². The molecule has 0 aromatic heterocycles. The number of likely N-dealkylation sites (tertiary alicyclic amines) is 1. The predicted molar refractivity (Wildman–Crippen MR) is 81.6 cm³/mol. The zero-order valence-electron chi connectivity index (χ0n) is 13.3. The van der Waals surface area contributed by atoms with E-state index in [2.05, 4.69) is 0 Å². The van der Waals surface area contributed by atoms with Crippen LogP contribution in [0.15, 0.2) is 0 Å². The number of alkyl halides is 3. The Balaban J connectivity index is 0.00000484. The van der Waals surface area contributed by atoms with Gasteiger partial charge in [-0.3, -0.25) is 14.5 Å². The molecule has 23 heavy (non-hydrogen) atoms. The maximum absolute atomic E-state index is 12.6. The number of rotatable bonds is 6. The van der Waals surface area contributed by atoms with Crippen LogP contribution in [0.1, 0.15) is 33.1 Å². The highest BCUT2D eigenvalue weighted by molar-refractivity contribution is 5.85. The Kier molecular flexibility index (Phi) is 8.90. The Hall–Kier alpha value is -1.02. The van der Waals surface area contributed by atoms with Crippen molar-refractivity contribution >= 4 is 24.3 Å². The highest BCUT2D eigenvalue weighted by atomic mass is 35.5. The van der Waals surface area contributed by atoms with Crippen LogP contribution in [-0.4, -0.2) is 65.2 Å². The molecule has 0 aromatic carbocycles. The van der Waals surface area contributed by atoms with Gasteiger partial charge in [-0.05, 0) is 32.7 Å². The van der Waals surface area contributed by atoms with E-state index in [0.29, 0.717) is 25.8 Å². The third-order valence-electron chi connectivity index (χ3n) is 3.88. The number of carboxylic acids is 1. The Morgan fingerprint density at radius 1 is 1.39 bits per heavy atom. The van der Waals surface area contributed by atoms with Gasteiger partial charge in [0.1, 0.15) is 12.6 Å². The van der Waals surface area contributed by atoms with Crippen LogP contribution in [0.3, 0.4) is 0 Å². The normalized spacial score (nSPS) is 20.5. The molecule has 1 aliphatic rings. The highest BCUT2D eigenvalue weighted by Gasteiger charge is 2.37. The monoisotopic (exact) mass is 360 g/mol.